The van der Waals surface area contributed by atoms with Gasteiger partial charge in [-0.2, -0.15) is 0 Å². The van der Waals surface area contributed by atoms with E-state index in [1.54, 1.807) is 0 Å². The summed E-state index contributed by atoms with van der Waals surface area (Å²) >= 11 is 0. The van der Waals surface area contributed by atoms with E-state index in [-0.39, 0.29) is 0 Å². The maximum absolute atomic E-state index is 6.88. The van der Waals surface area contributed by atoms with E-state index in [9.17, 15) is 0 Å². The SMILES string of the molecule is c1ccc(-c2ccc(N(c3ccc4c5c(-c6ccc7c8ccccc8c8ccccc8c7c6)c6c(cc5n(-c5ccccc5)c4c3)oc3ccccc36)c3ccccc3-c3ccccc3)cc2)cc1. The molecule has 14 rings (SSSR count). The van der Waals surface area contributed by atoms with Gasteiger partial charge in [-0.25, -0.2) is 0 Å². The molecule has 0 aliphatic carbocycles. The van der Waals surface area contributed by atoms with Crippen molar-refractivity contribution in [3.8, 4) is 39.1 Å². The van der Waals surface area contributed by atoms with Crippen molar-refractivity contribution < 1.29 is 4.42 Å². The lowest BCUT2D eigenvalue weighted by molar-refractivity contribution is 0.669. The van der Waals surface area contributed by atoms with Gasteiger partial charge < -0.3 is 13.9 Å². The number of anilines is 3. The minimum absolute atomic E-state index is 0.860. The van der Waals surface area contributed by atoms with E-state index in [0.29, 0.717) is 0 Å². The Labute approximate surface area is 399 Å². The topological polar surface area (TPSA) is 21.3 Å². The van der Waals surface area contributed by atoms with Crippen LogP contribution >= 0.6 is 0 Å². The number of benzene rings is 12. The average Bonchev–Trinajstić information content (AvgIpc) is 3.96. The molecule has 0 aliphatic heterocycles. The third kappa shape index (κ3) is 6.21. The van der Waals surface area contributed by atoms with Gasteiger partial charge in [0, 0.05) is 55.8 Å². The Kier molecular flexibility index (Phi) is 8.90. The summed E-state index contributed by atoms with van der Waals surface area (Å²) < 4.78 is 9.32. The van der Waals surface area contributed by atoms with Crippen molar-refractivity contribution in [2.45, 2.75) is 0 Å². The van der Waals surface area contributed by atoms with Crippen LogP contribution in [0.3, 0.4) is 0 Å². The van der Waals surface area contributed by atoms with Crippen LogP contribution in [0, 0.1) is 0 Å². The maximum Gasteiger partial charge on any atom is 0.138 e. The van der Waals surface area contributed by atoms with Crippen LogP contribution in [0.25, 0.3) is 115 Å². The fraction of sp³-hybridized carbons (Fsp3) is 0. The second kappa shape index (κ2) is 15.7. The quantitative estimate of drug-likeness (QED) is 0.149. The van der Waals surface area contributed by atoms with Gasteiger partial charge in [-0.15, -0.1) is 0 Å². The molecule has 0 unspecified atom stereocenters. The van der Waals surface area contributed by atoms with Crippen molar-refractivity contribution in [2.75, 3.05) is 4.90 Å². The molecular formula is C66H42N2O. The molecule has 0 aliphatic rings. The molecule has 0 fully saturated rings. The highest BCUT2D eigenvalue weighted by atomic mass is 16.3. The Morgan fingerprint density at radius 3 is 1.54 bits per heavy atom. The molecule has 322 valence electrons. The van der Waals surface area contributed by atoms with E-state index in [2.05, 4.69) is 264 Å². The van der Waals surface area contributed by atoms with Crippen molar-refractivity contribution in [3.63, 3.8) is 0 Å². The Bertz CT molecular complexity index is 4250. The molecule has 12 aromatic carbocycles. The summed E-state index contributed by atoms with van der Waals surface area (Å²) in [6.07, 6.45) is 0. The number of rotatable bonds is 7. The Morgan fingerprint density at radius 2 is 0.826 bits per heavy atom. The van der Waals surface area contributed by atoms with E-state index in [0.717, 1.165) is 72.4 Å². The highest BCUT2D eigenvalue weighted by molar-refractivity contribution is 6.30. The van der Waals surface area contributed by atoms with Gasteiger partial charge in [0.15, 0.2) is 0 Å². The van der Waals surface area contributed by atoms with Gasteiger partial charge in [0.05, 0.1) is 16.7 Å². The fourth-order valence-electron chi connectivity index (χ4n) is 11.1. The summed E-state index contributed by atoms with van der Waals surface area (Å²) in [5.41, 5.74) is 15.2. The summed E-state index contributed by atoms with van der Waals surface area (Å²) in [6, 6.07) is 92.4. The molecule has 2 aromatic heterocycles. The van der Waals surface area contributed by atoms with E-state index in [1.807, 2.05) is 0 Å². The molecule has 0 atom stereocenters. The first-order valence-electron chi connectivity index (χ1n) is 23.7. The predicted molar refractivity (Wildman–Crippen MR) is 292 cm³/mol. The lowest BCUT2D eigenvalue weighted by Crippen LogP contribution is -2.11. The number of furan rings is 1. The summed E-state index contributed by atoms with van der Waals surface area (Å²) in [6.45, 7) is 0. The largest absolute Gasteiger partial charge is 0.456 e. The van der Waals surface area contributed by atoms with Crippen molar-refractivity contribution in [1.82, 2.24) is 4.57 Å². The second-order valence-corrected chi connectivity index (χ2v) is 18.0. The monoisotopic (exact) mass is 878 g/mol. The van der Waals surface area contributed by atoms with Crippen LogP contribution < -0.4 is 4.90 Å². The minimum Gasteiger partial charge on any atom is -0.456 e. The molecule has 0 spiro atoms. The second-order valence-electron chi connectivity index (χ2n) is 18.0. The highest BCUT2D eigenvalue weighted by Gasteiger charge is 2.25. The van der Waals surface area contributed by atoms with Crippen LogP contribution in [0.4, 0.5) is 17.1 Å². The fourth-order valence-corrected chi connectivity index (χ4v) is 11.1. The molecule has 2 heterocycles. The van der Waals surface area contributed by atoms with Gasteiger partial charge in [-0.05, 0) is 109 Å². The molecule has 0 amide bonds. The van der Waals surface area contributed by atoms with E-state index in [4.69, 9.17) is 4.42 Å². The zero-order valence-corrected chi connectivity index (χ0v) is 37.6. The first-order valence-corrected chi connectivity index (χ1v) is 23.7. The van der Waals surface area contributed by atoms with E-state index in [1.165, 1.54) is 59.8 Å². The first kappa shape index (κ1) is 39.0. The van der Waals surface area contributed by atoms with Gasteiger partial charge in [0.2, 0.25) is 0 Å². The van der Waals surface area contributed by atoms with Crippen molar-refractivity contribution >= 4 is 93.1 Å². The lowest BCUT2D eigenvalue weighted by Gasteiger charge is -2.28. The molecule has 69 heavy (non-hydrogen) atoms. The van der Waals surface area contributed by atoms with E-state index < -0.39 is 0 Å². The normalized spacial score (nSPS) is 11.8. The number of para-hydroxylation sites is 3. The van der Waals surface area contributed by atoms with Gasteiger partial charge in [0.25, 0.3) is 0 Å². The molecule has 0 N–H and O–H groups in total. The standard InChI is InChI=1S/C66H42N2O/c1-4-18-43(19-5-1)44-32-35-48(36-33-44)67(59-30-16-14-24-50(59)45-20-6-2-7-21-45)49-37-39-56-60(41-49)68(47-22-8-3-9-23-47)61-42-63-66(57-29-15-17-31-62(57)69-63)64(65(56)61)46-34-38-55-53-27-11-10-25-51(53)52-26-12-13-28-54(52)58(55)40-46/h1-42H. The van der Waals surface area contributed by atoms with Crippen LogP contribution in [-0.2, 0) is 0 Å². The summed E-state index contributed by atoms with van der Waals surface area (Å²) in [5.74, 6) is 0. The molecule has 3 heteroatoms. The molecule has 0 saturated heterocycles. The van der Waals surface area contributed by atoms with Crippen LogP contribution in [0.1, 0.15) is 0 Å². The zero-order chi connectivity index (χ0) is 45.4. The number of aromatic nitrogens is 1. The highest BCUT2D eigenvalue weighted by Crippen LogP contribution is 2.49. The Hall–Kier alpha value is -9.18. The van der Waals surface area contributed by atoms with E-state index >= 15 is 0 Å². The third-order valence-electron chi connectivity index (χ3n) is 14.1. The van der Waals surface area contributed by atoms with Gasteiger partial charge >= 0.3 is 0 Å². The van der Waals surface area contributed by atoms with Crippen molar-refractivity contribution in [1.29, 1.82) is 0 Å². The zero-order valence-electron chi connectivity index (χ0n) is 37.6. The van der Waals surface area contributed by atoms with Crippen LogP contribution in [0.15, 0.2) is 259 Å². The first-order chi connectivity index (χ1) is 34.2. The average molecular weight is 879 g/mol. The number of nitrogens with zero attached hydrogens (tertiary/aromatic N) is 2. The predicted octanol–water partition coefficient (Wildman–Crippen LogP) is 18.6. The molecular weight excluding hydrogens is 837 g/mol. The number of hydrogen-bond donors (Lipinski definition) is 0. The molecule has 14 aromatic rings. The summed E-state index contributed by atoms with van der Waals surface area (Å²) in [5, 5.41) is 12.1. The van der Waals surface area contributed by atoms with Gasteiger partial charge in [-0.1, -0.05) is 194 Å². The van der Waals surface area contributed by atoms with Crippen LogP contribution in [0.2, 0.25) is 0 Å². The minimum atomic E-state index is 0.860. The van der Waals surface area contributed by atoms with Crippen molar-refractivity contribution in [2.24, 2.45) is 0 Å². The summed E-state index contributed by atoms with van der Waals surface area (Å²) in [4.78, 5) is 2.42. The Balaban J connectivity index is 1.08. The molecule has 3 nitrogen and oxygen atoms in total. The molecule has 0 saturated carbocycles. The summed E-state index contributed by atoms with van der Waals surface area (Å²) in [7, 11) is 0. The smallest absolute Gasteiger partial charge is 0.138 e. The Morgan fingerprint density at radius 1 is 0.304 bits per heavy atom. The number of hydrogen-bond acceptors (Lipinski definition) is 2. The lowest BCUT2D eigenvalue weighted by atomic mass is 9.89. The van der Waals surface area contributed by atoms with Crippen LogP contribution in [0.5, 0.6) is 0 Å². The van der Waals surface area contributed by atoms with Gasteiger partial charge in [0.1, 0.15) is 11.2 Å². The van der Waals surface area contributed by atoms with Crippen molar-refractivity contribution in [3.05, 3.63) is 255 Å². The maximum atomic E-state index is 6.88. The molecule has 0 bridgehead atoms. The van der Waals surface area contributed by atoms with Gasteiger partial charge in [-0.3, -0.25) is 0 Å². The third-order valence-corrected chi connectivity index (χ3v) is 14.1. The number of fused-ring (bicyclic) bond motifs is 12. The molecule has 0 radical (unpaired) electrons. The van der Waals surface area contributed by atoms with Crippen LogP contribution in [-0.4, -0.2) is 4.57 Å².